The van der Waals surface area contributed by atoms with Crippen LogP contribution in [-0.4, -0.2) is 105 Å². The van der Waals surface area contributed by atoms with Crippen LogP contribution in [-0.2, 0) is 42.9 Å². The number of carbonyl (C=O) groups excluding carboxylic acids is 2. The zero-order chi connectivity index (χ0) is 30.9. The Hall–Kier alpha value is -2.48. The molecule has 2 amide bonds. The summed E-state index contributed by atoms with van der Waals surface area (Å²) in [4.78, 5) is 35.1. The van der Waals surface area contributed by atoms with Gasteiger partial charge in [-0.2, -0.15) is 13.2 Å². The Kier molecular flexibility index (Phi) is 9.37. The van der Waals surface area contributed by atoms with Gasteiger partial charge in [-0.3, -0.25) is 9.78 Å². The molecule has 1 aliphatic carbocycles. The Morgan fingerprint density at radius 2 is 1.95 bits per heavy atom. The van der Waals surface area contributed by atoms with Gasteiger partial charge in [0.25, 0.3) is 0 Å². The number of amides is 2. The first kappa shape index (κ1) is 31.5. The Bertz CT molecular complexity index is 1200. The largest absolute Gasteiger partial charge is 0.449 e. The van der Waals surface area contributed by atoms with Gasteiger partial charge in [0.2, 0.25) is 5.91 Å². The molecule has 0 unspecified atom stereocenters. The Morgan fingerprint density at radius 1 is 1.16 bits per heavy atom. The number of hydrogen-bond acceptors (Lipinski definition) is 8. The molecular formula is C31H43F3N4O6. The minimum Gasteiger partial charge on any atom is -0.449 e. The molecule has 3 saturated heterocycles. The standard InChI is InChI=1S/C31H43F3N4O6/c1-41-27-18-43-10-6-26(27)36-24-13-23-17-38(29(40)44-11-5-20-3-8-42-9-4-20)19-30(23,14-24)28(39)37-7-2-25-21(16-37)12-22(15-35-25)31(32,33)34/h12,15,20,23-24,26-27,36H,2-11,13-14,16-19H2,1H3/t23-,24+,26-,27+,30-/m0/s1. The zero-order valence-electron chi connectivity index (χ0n) is 25.3. The Morgan fingerprint density at radius 3 is 2.73 bits per heavy atom. The van der Waals surface area contributed by atoms with Crippen molar-refractivity contribution in [3.63, 3.8) is 0 Å². The smallest absolute Gasteiger partial charge is 0.417 e. The predicted octanol–water partition coefficient (Wildman–Crippen LogP) is 3.41. The quantitative estimate of drug-likeness (QED) is 0.493. The van der Waals surface area contributed by atoms with Crippen LogP contribution in [0.3, 0.4) is 0 Å². The van der Waals surface area contributed by atoms with Crippen LogP contribution < -0.4 is 5.32 Å². The number of aromatic nitrogens is 1. The monoisotopic (exact) mass is 624 g/mol. The van der Waals surface area contributed by atoms with Gasteiger partial charge in [0.15, 0.2) is 0 Å². The summed E-state index contributed by atoms with van der Waals surface area (Å²) in [6.07, 6.45) is 0.985. The summed E-state index contributed by atoms with van der Waals surface area (Å²) in [6, 6.07) is 1.24. The summed E-state index contributed by atoms with van der Waals surface area (Å²) >= 11 is 0. The fourth-order valence-corrected chi connectivity index (χ4v) is 7.91. The van der Waals surface area contributed by atoms with E-state index in [1.807, 2.05) is 0 Å². The van der Waals surface area contributed by atoms with Crippen LogP contribution in [0.1, 0.15) is 55.3 Å². The first-order valence-corrected chi connectivity index (χ1v) is 15.9. The fraction of sp³-hybridized carbons (Fsp3) is 0.774. The van der Waals surface area contributed by atoms with Gasteiger partial charge >= 0.3 is 12.3 Å². The van der Waals surface area contributed by atoms with Crippen LogP contribution >= 0.6 is 0 Å². The second-order valence-corrected chi connectivity index (χ2v) is 13.0. The molecule has 44 heavy (non-hydrogen) atoms. The van der Waals surface area contributed by atoms with Gasteiger partial charge in [-0.25, -0.2) is 4.79 Å². The lowest BCUT2D eigenvalue weighted by Crippen LogP contribution is -2.52. The van der Waals surface area contributed by atoms with Gasteiger partial charge in [-0.15, -0.1) is 0 Å². The molecule has 1 aromatic rings. The van der Waals surface area contributed by atoms with Crippen LogP contribution in [0.2, 0.25) is 0 Å². The summed E-state index contributed by atoms with van der Waals surface area (Å²) in [6.45, 7) is 4.02. The van der Waals surface area contributed by atoms with Crippen molar-refractivity contribution in [1.82, 2.24) is 20.1 Å². The molecule has 5 heterocycles. The molecule has 244 valence electrons. The number of rotatable bonds is 7. The first-order chi connectivity index (χ1) is 21.2. The number of pyridine rings is 1. The van der Waals surface area contributed by atoms with E-state index in [0.717, 1.165) is 51.2 Å². The highest BCUT2D eigenvalue weighted by Crippen LogP contribution is 2.51. The normalized spacial score (nSPS) is 31.1. The Balaban J connectivity index is 1.17. The number of alkyl halides is 3. The van der Waals surface area contributed by atoms with Crippen molar-refractivity contribution in [2.75, 3.05) is 59.8 Å². The van der Waals surface area contributed by atoms with Gasteiger partial charge in [0, 0.05) is 83.5 Å². The van der Waals surface area contributed by atoms with Crippen LogP contribution in [0.5, 0.6) is 0 Å². The molecule has 1 N–H and O–H groups in total. The lowest BCUT2D eigenvalue weighted by atomic mass is 9.78. The van der Waals surface area contributed by atoms with Crippen molar-refractivity contribution in [3.05, 3.63) is 29.1 Å². The van der Waals surface area contributed by atoms with Crippen molar-refractivity contribution >= 4 is 12.0 Å². The van der Waals surface area contributed by atoms with Crippen molar-refractivity contribution < 1.29 is 41.7 Å². The minimum atomic E-state index is -4.51. The van der Waals surface area contributed by atoms with Gasteiger partial charge < -0.3 is 34.1 Å². The van der Waals surface area contributed by atoms with Crippen molar-refractivity contribution in [2.45, 2.75) is 75.9 Å². The summed E-state index contributed by atoms with van der Waals surface area (Å²) in [5, 5.41) is 3.73. The highest BCUT2D eigenvalue weighted by atomic mass is 19.4. The maximum atomic E-state index is 14.5. The molecular weight excluding hydrogens is 581 g/mol. The topological polar surface area (TPSA) is 102 Å². The van der Waals surface area contributed by atoms with Crippen LogP contribution in [0.25, 0.3) is 0 Å². The number of methoxy groups -OCH3 is 1. The average Bonchev–Trinajstić information content (AvgIpc) is 3.55. The molecule has 10 nitrogen and oxygen atoms in total. The SMILES string of the molecule is CO[C@@H]1COCC[C@@H]1N[C@@H]1C[C@H]2CN(C(=O)OCCC3CCOCC3)C[C@@]2(C(=O)N2CCc3ncc(C(F)(F)F)cc3C2)C1. The van der Waals surface area contributed by atoms with Crippen LogP contribution in [0, 0.1) is 17.3 Å². The van der Waals surface area contributed by atoms with Crippen molar-refractivity contribution in [3.8, 4) is 0 Å². The third-order valence-corrected chi connectivity index (χ3v) is 10.4. The molecule has 6 rings (SSSR count). The summed E-state index contributed by atoms with van der Waals surface area (Å²) in [7, 11) is 1.67. The number of nitrogens with zero attached hydrogens (tertiary/aromatic N) is 3. The van der Waals surface area contributed by atoms with E-state index < -0.39 is 23.2 Å². The fourth-order valence-electron chi connectivity index (χ4n) is 7.91. The van der Waals surface area contributed by atoms with Crippen LogP contribution in [0.15, 0.2) is 12.3 Å². The minimum absolute atomic E-state index is 0.0342. The van der Waals surface area contributed by atoms with Gasteiger partial charge in [-0.1, -0.05) is 0 Å². The molecule has 4 fully saturated rings. The maximum Gasteiger partial charge on any atom is 0.417 e. The molecule has 0 radical (unpaired) electrons. The van der Waals surface area contributed by atoms with E-state index in [2.05, 4.69) is 10.3 Å². The van der Waals surface area contributed by atoms with Gasteiger partial charge in [0.1, 0.15) is 0 Å². The number of fused-ring (bicyclic) bond motifs is 2. The first-order valence-electron chi connectivity index (χ1n) is 15.9. The molecule has 4 aliphatic heterocycles. The zero-order valence-corrected chi connectivity index (χ0v) is 25.3. The molecule has 13 heteroatoms. The summed E-state index contributed by atoms with van der Waals surface area (Å²) < 4.78 is 62.7. The lowest BCUT2D eigenvalue weighted by Gasteiger charge is -2.37. The highest BCUT2D eigenvalue weighted by Gasteiger charge is 2.60. The van der Waals surface area contributed by atoms with Gasteiger partial charge in [-0.05, 0) is 62.0 Å². The van der Waals surface area contributed by atoms with E-state index in [1.54, 1.807) is 16.9 Å². The summed E-state index contributed by atoms with van der Waals surface area (Å²) in [5.74, 6) is 0.268. The summed E-state index contributed by atoms with van der Waals surface area (Å²) in [5.41, 5.74) is -0.648. The van der Waals surface area contributed by atoms with E-state index in [-0.39, 0.29) is 43.1 Å². The molecule has 5 aliphatic rings. The number of carbonyl (C=O) groups is 2. The third-order valence-electron chi connectivity index (χ3n) is 10.4. The van der Waals surface area contributed by atoms with Crippen LogP contribution in [0.4, 0.5) is 18.0 Å². The average molecular weight is 625 g/mol. The van der Waals surface area contributed by atoms with Crippen molar-refractivity contribution in [1.29, 1.82) is 0 Å². The van der Waals surface area contributed by atoms with E-state index >= 15 is 0 Å². The molecule has 0 spiro atoms. The van der Waals surface area contributed by atoms with E-state index in [4.69, 9.17) is 18.9 Å². The number of ether oxygens (including phenoxy) is 4. The number of halogens is 3. The number of likely N-dealkylation sites (tertiary alicyclic amines) is 1. The predicted molar refractivity (Wildman–Crippen MR) is 152 cm³/mol. The van der Waals surface area contributed by atoms with E-state index in [1.165, 1.54) is 0 Å². The molecule has 1 saturated carbocycles. The molecule has 1 aromatic heterocycles. The number of nitrogens with one attached hydrogen (secondary N) is 1. The van der Waals surface area contributed by atoms with E-state index in [9.17, 15) is 22.8 Å². The van der Waals surface area contributed by atoms with E-state index in [0.29, 0.717) is 69.3 Å². The third kappa shape index (κ3) is 6.56. The van der Waals surface area contributed by atoms with Crippen molar-refractivity contribution in [2.24, 2.45) is 17.3 Å². The second kappa shape index (κ2) is 13.1. The highest BCUT2D eigenvalue weighted by molar-refractivity contribution is 5.86. The van der Waals surface area contributed by atoms with Gasteiger partial charge in [0.05, 0.1) is 30.3 Å². The lowest BCUT2D eigenvalue weighted by molar-refractivity contribution is -0.143. The maximum absolute atomic E-state index is 14.5. The molecule has 5 atom stereocenters. The second-order valence-electron chi connectivity index (χ2n) is 13.0. The number of hydrogen-bond donors (Lipinski definition) is 1. The molecule has 0 bridgehead atoms. The Labute approximate surface area is 255 Å². The molecule has 0 aromatic carbocycles.